The number of amides is 1. The van der Waals surface area contributed by atoms with E-state index in [-0.39, 0.29) is 18.0 Å². The SMILES string of the molecule is CCN(Cc1ccc(C#N)cc1F)C(=O)CNC1CC1. The third-order valence-corrected chi connectivity index (χ3v) is 3.40. The molecule has 0 bridgehead atoms. The molecule has 1 amide bonds. The second-order valence-corrected chi connectivity index (χ2v) is 4.98. The van der Waals surface area contributed by atoms with Crippen LogP contribution >= 0.6 is 0 Å². The lowest BCUT2D eigenvalue weighted by molar-refractivity contribution is -0.130. The summed E-state index contributed by atoms with van der Waals surface area (Å²) < 4.78 is 13.8. The van der Waals surface area contributed by atoms with Gasteiger partial charge in [-0.05, 0) is 31.9 Å². The molecule has 1 aliphatic rings. The van der Waals surface area contributed by atoms with Gasteiger partial charge in [-0.2, -0.15) is 5.26 Å². The molecule has 1 aliphatic carbocycles. The second kappa shape index (κ2) is 6.49. The van der Waals surface area contributed by atoms with Crippen molar-refractivity contribution in [3.05, 3.63) is 35.1 Å². The molecule has 1 aromatic carbocycles. The fraction of sp³-hybridized carbons (Fsp3) is 0.467. The minimum atomic E-state index is -0.439. The summed E-state index contributed by atoms with van der Waals surface area (Å²) in [4.78, 5) is 13.6. The summed E-state index contributed by atoms with van der Waals surface area (Å²) in [6.45, 7) is 2.94. The van der Waals surface area contributed by atoms with Crippen LogP contribution in [-0.2, 0) is 11.3 Å². The third kappa shape index (κ3) is 3.78. The molecule has 5 heteroatoms. The van der Waals surface area contributed by atoms with Gasteiger partial charge in [0.15, 0.2) is 0 Å². The van der Waals surface area contributed by atoms with Crippen molar-refractivity contribution in [2.75, 3.05) is 13.1 Å². The van der Waals surface area contributed by atoms with Crippen LogP contribution in [0.1, 0.15) is 30.9 Å². The first kappa shape index (κ1) is 14.5. The van der Waals surface area contributed by atoms with E-state index in [1.54, 1.807) is 17.0 Å². The van der Waals surface area contributed by atoms with Crippen molar-refractivity contribution in [3.8, 4) is 6.07 Å². The van der Waals surface area contributed by atoms with Gasteiger partial charge < -0.3 is 10.2 Å². The normalized spacial score (nSPS) is 13.8. The van der Waals surface area contributed by atoms with E-state index in [0.29, 0.717) is 24.7 Å². The number of nitrogens with one attached hydrogen (secondary N) is 1. The molecule has 0 unspecified atom stereocenters. The minimum Gasteiger partial charge on any atom is -0.337 e. The first-order valence-corrected chi connectivity index (χ1v) is 6.83. The van der Waals surface area contributed by atoms with Crippen LogP contribution in [0.4, 0.5) is 4.39 Å². The predicted molar refractivity (Wildman–Crippen MR) is 73.2 cm³/mol. The monoisotopic (exact) mass is 275 g/mol. The fourth-order valence-corrected chi connectivity index (χ4v) is 1.96. The van der Waals surface area contributed by atoms with Crippen LogP contribution in [0.2, 0.25) is 0 Å². The number of halogens is 1. The number of rotatable bonds is 6. The zero-order valence-electron chi connectivity index (χ0n) is 11.5. The Kier molecular flexibility index (Phi) is 4.70. The predicted octanol–water partition coefficient (Wildman–Crippen LogP) is 1.80. The summed E-state index contributed by atoms with van der Waals surface area (Å²) in [7, 11) is 0. The Morgan fingerprint density at radius 3 is 2.85 bits per heavy atom. The van der Waals surface area contributed by atoms with Gasteiger partial charge in [0, 0.05) is 24.7 Å². The number of carbonyl (C=O) groups excluding carboxylic acids is 1. The van der Waals surface area contributed by atoms with Crippen molar-refractivity contribution in [3.63, 3.8) is 0 Å². The van der Waals surface area contributed by atoms with Crippen molar-refractivity contribution in [2.24, 2.45) is 0 Å². The van der Waals surface area contributed by atoms with E-state index >= 15 is 0 Å². The minimum absolute atomic E-state index is 0.0249. The van der Waals surface area contributed by atoms with Crippen LogP contribution in [-0.4, -0.2) is 29.9 Å². The summed E-state index contributed by atoms with van der Waals surface area (Å²) in [5, 5.41) is 11.9. The largest absolute Gasteiger partial charge is 0.337 e. The van der Waals surface area contributed by atoms with E-state index in [9.17, 15) is 9.18 Å². The van der Waals surface area contributed by atoms with Gasteiger partial charge in [-0.25, -0.2) is 4.39 Å². The third-order valence-electron chi connectivity index (χ3n) is 3.40. The average Bonchev–Trinajstić information content (AvgIpc) is 3.27. The molecular formula is C15H18FN3O. The Morgan fingerprint density at radius 2 is 2.30 bits per heavy atom. The molecule has 0 aromatic heterocycles. The standard InChI is InChI=1S/C15H18FN3O/c1-2-19(15(20)9-18-13-5-6-13)10-12-4-3-11(8-17)7-14(12)16/h3-4,7,13,18H,2,5-6,9-10H2,1H3. The molecular weight excluding hydrogens is 257 g/mol. The first-order valence-electron chi connectivity index (χ1n) is 6.83. The molecule has 1 N–H and O–H groups in total. The van der Waals surface area contributed by atoms with Gasteiger partial charge in [-0.3, -0.25) is 4.79 Å². The highest BCUT2D eigenvalue weighted by Crippen LogP contribution is 2.18. The number of carbonyl (C=O) groups is 1. The number of likely N-dealkylation sites (N-methyl/N-ethyl adjacent to an activating group) is 1. The van der Waals surface area contributed by atoms with E-state index < -0.39 is 5.82 Å². The summed E-state index contributed by atoms with van der Waals surface area (Å²) in [5.41, 5.74) is 0.724. The maximum absolute atomic E-state index is 13.8. The molecule has 1 saturated carbocycles. The quantitative estimate of drug-likeness (QED) is 0.861. The number of hydrogen-bond acceptors (Lipinski definition) is 3. The lowest BCUT2D eigenvalue weighted by Crippen LogP contribution is -2.38. The van der Waals surface area contributed by atoms with Gasteiger partial charge in [0.05, 0.1) is 18.2 Å². The van der Waals surface area contributed by atoms with Crippen molar-refractivity contribution >= 4 is 5.91 Å². The lowest BCUT2D eigenvalue weighted by Gasteiger charge is -2.21. The van der Waals surface area contributed by atoms with Crippen LogP contribution in [0.3, 0.4) is 0 Å². The molecule has 0 atom stereocenters. The van der Waals surface area contributed by atoms with Crippen molar-refractivity contribution in [1.82, 2.24) is 10.2 Å². The zero-order chi connectivity index (χ0) is 14.5. The van der Waals surface area contributed by atoms with Crippen molar-refractivity contribution in [2.45, 2.75) is 32.4 Å². The molecule has 0 radical (unpaired) electrons. The first-order chi connectivity index (χ1) is 9.63. The van der Waals surface area contributed by atoms with Crippen LogP contribution in [0, 0.1) is 17.1 Å². The highest BCUT2D eigenvalue weighted by atomic mass is 19.1. The Hall–Kier alpha value is -1.93. The Bertz CT molecular complexity index is 534. The molecule has 1 fully saturated rings. The molecule has 20 heavy (non-hydrogen) atoms. The summed E-state index contributed by atoms with van der Waals surface area (Å²) in [6.07, 6.45) is 2.26. The summed E-state index contributed by atoms with van der Waals surface area (Å²) in [6, 6.07) is 6.71. The van der Waals surface area contributed by atoms with Crippen LogP contribution < -0.4 is 5.32 Å². The Labute approximate surface area is 118 Å². The van der Waals surface area contributed by atoms with Gasteiger partial charge in [0.2, 0.25) is 5.91 Å². The average molecular weight is 275 g/mol. The summed E-state index contributed by atoms with van der Waals surface area (Å²) in [5.74, 6) is -0.464. The van der Waals surface area contributed by atoms with Gasteiger partial charge >= 0.3 is 0 Å². The fourth-order valence-electron chi connectivity index (χ4n) is 1.96. The zero-order valence-corrected chi connectivity index (χ0v) is 11.5. The number of benzene rings is 1. The maximum atomic E-state index is 13.8. The molecule has 0 heterocycles. The second-order valence-electron chi connectivity index (χ2n) is 4.98. The van der Waals surface area contributed by atoms with Gasteiger partial charge in [0.25, 0.3) is 0 Å². The molecule has 1 aromatic rings. The lowest BCUT2D eigenvalue weighted by atomic mass is 10.1. The van der Waals surface area contributed by atoms with Crippen LogP contribution in [0.15, 0.2) is 18.2 Å². The molecule has 106 valence electrons. The van der Waals surface area contributed by atoms with Gasteiger partial charge in [-0.15, -0.1) is 0 Å². The van der Waals surface area contributed by atoms with Crippen molar-refractivity contribution in [1.29, 1.82) is 5.26 Å². The smallest absolute Gasteiger partial charge is 0.236 e. The van der Waals surface area contributed by atoms with E-state index in [0.717, 1.165) is 12.8 Å². The number of nitrogens with zero attached hydrogens (tertiary/aromatic N) is 2. The molecule has 0 aliphatic heterocycles. The van der Waals surface area contributed by atoms with Crippen LogP contribution in [0.5, 0.6) is 0 Å². The highest BCUT2D eigenvalue weighted by Gasteiger charge is 2.22. The Morgan fingerprint density at radius 1 is 1.55 bits per heavy atom. The molecule has 4 nitrogen and oxygen atoms in total. The number of hydrogen-bond donors (Lipinski definition) is 1. The van der Waals surface area contributed by atoms with E-state index in [1.807, 2.05) is 13.0 Å². The van der Waals surface area contributed by atoms with E-state index in [4.69, 9.17) is 5.26 Å². The summed E-state index contributed by atoms with van der Waals surface area (Å²) >= 11 is 0. The van der Waals surface area contributed by atoms with E-state index in [2.05, 4.69) is 5.32 Å². The van der Waals surface area contributed by atoms with Gasteiger partial charge in [0.1, 0.15) is 5.82 Å². The molecule has 0 saturated heterocycles. The van der Waals surface area contributed by atoms with Gasteiger partial charge in [-0.1, -0.05) is 6.07 Å². The van der Waals surface area contributed by atoms with E-state index in [1.165, 1.54) is 6.07 Å². The topological polar surface area (TPSA) is 56.1 Å². The Balaban J connectivity index is 1.97. The number of nitriles is 1. The maximum Gasteiger partial charge on any atom is 0.236 e. The highest BCUT2D eigenvalue weighted by molar-refractivity contribution is 5.78. The van der Waals surface area contributed by atoms with Crippen molar-refractivity contribution < 1.29 is 9.18 Å². The molecule has 2 rings (SSSR count). The van der Waals surface area contributed by atoms with Crippen LogP contribution in [0.25, 0.3) is 0 Å². The molecule has 0 spiro atoms.